The first-order valence-corrected chi connectivity index (χ1v) is 8.96. The maximum Gasteiger partial charge on any atom is 0.190 e. The van der Waals surface area contributed by atoms with Crippen molar-refractivity contribution in [2.45, 2.75) is 0 Å². The van der Waals surface area contributed by atoms with E-state index in [-0.39, 0.29) is 0 Å². The van der Waals surface area contributed by atoms with Crippen molar-refractivity contribution in [2.24, 2.45) is 0 Å². The van der Waals surface area contributed by atoms with E-state index < -0.39 is 0 Å². The summed E-state index contributed by atoms with van der Waals surface area (Å²) >= 11 is 6.98. The molecule has 124 valence electrons. The largest absolute Gasteiger partial charge is 0.497 e. The fourth-order valence-corrected chi connectivity index (χ4v) is 3.81. The van der Waals surface area contributed by atoms with Gasteiger partial charge in [0.15, 0.2) is 10.2 Å². The molecule has 25 heavy (non-hydrogen) atoms. The van der Waals surface area contributed by atoms with Crippen LogP contribution in [-0.2, 0) is 0 Å². The molecular weight excluding hydrogens is 350 g/mol. The summed E-state index contributed by atoms with van der Waals surface area (Å²) < 4.78 is 6.29. The van der Waals surface area contributed by atoms with Crippen LogP contribution < -0.4 is 15.4 Å². The molecule has 0 saturated heterocycles. The van der Waals surface area contributed by atoms with Gasteiger partial charge in [0.05, 0.1) is 17.3 Å². The van der Waals surface area contributed by atoms with Crippen LogP contribution in [0.15, 0.2) is 60.7 Å². The standard InChI is InChI=1S/C19H15N3OS2/c1-23-14-9-7-13(8-10-14)20-18(24)22-19-21-17-15-5-3-2-4-12(15)6-11-16(17)25-19/h2-11H,1H3,(H2,20,21,22,24). The highest BCUT2D eigenvalue weighted by Gasteiger charge is 2.08. The van der Waals surface area contributed by atoms with Gasteiger partial charge in [0.2, 0.25) is 0 Å². The van der Waals surface area contributed by atoms with Crippen LogP contribution in [0, 0.1) is 0 Å². The quantitative estimate of drug-likeness (QED) is 0.485. The summed E-state index contributed by atoms with van der Waals surface area (Å²) in [6, 6.07) is 20.1. The van der Waals surface area contributed by atoms with Crippen molar-refractivity contribution in [1.29, 1.82) is 0 Å². The van der Waals surface area contributed by atoms with Crippen molar-refractivity contribution in [2.75, 3.05) is 17.7 Å². The van der Waals surface area contributed by atoms with Crippen molar-refractivity contribution in [3.8, 4) is 5.75 Å². The Hall–Kier alpha value is -2.70. The summed E-state index contributed by atoms with van der Waals surface area (Å²) in [7, 11) is 1.64. The van der Waals surface area contributed by atoms with Crippen LogP contribution in [0.5, 0.6) is 5.75 Å². The number of fused-ring (bicyclic) bond motifs is 3. The molecule has 0 aliphatic rings. The van der Waals surface area contributed by atoms with Crippen molar-refractivity contribution < 1.29 is 4.74 Å². The van der Waals surface area contributed by atoms with Gasteiger partial charge in [0.25, 0.3) is 0 Å². The predicted octanol–water partition coefficient (Wildman–Crippen LogP) is 5.27. The average Bonchev–Trinajstić information content (AvgIpc) is 3.05. The lowest BCUT2D eigenvalue weighted by Gasteiger charge is -2.08. The molecule has 4 nitrogen and oxygen atoms in total. The smallest absolute Gasteiger partial charge is 0.190 e. The summed E-state index contributed by atoms with van der Waals surface area (Å²) in [5.41, 5.74) is 1.89. The number of ether oxygens (including phenoxy) is 1. The molecule has 0 bridgehead atoms. The molecule has 1 heterocycles. The molecular formula is C19H15N3OS2. The number of benzene rings is 3. The molecule has 0 radical (unpaired) electrons. The number of aromatic nitrogens is 1. The molecule has 0 aliphatic heterocycles. The lowest BCUT2D eigenvalue weighted by Crippen LogP contribution is -2.18. The molecule has 0 saturated carbocycles. The van der Waals surface area contributed by atoms with E-state index in [0.29, 0.717) is 5.11 Å². The highest BCUT2D eigenvalue weighted by Crippen LogP contribution is 2.31. The van der Waals surface area contributed by atoms with Crippen LogP contribution in [0.1, 0.15) is 0 Å². The monoisotopic (exact) mass is 365 g/mol. The van der Waals surface area contributed by atoms with E-state index in [4.69, 9.17) is 21.9 Å². The summed E-state index contributed by atoms with van der Waals surface area (Å²) in [6.45, 7) is 0. The number of hydrogen-bond acceptors (Lipinski definition) is 4. The van der Waals surface area contributed by atoms with Crippen LogP contribution >= 0.6 is 23.6 Å². The Morgan fingerprint density at radius 1 is 1.00 bits per heavy atom. The van der Waals surface area contributed by atoms with E-state index in [2.05, 4.69) is 34.9 Å². The van der Waals surface area contributed by atoms with Crippen LogP contribution in [0.2, 0.25) is 0 Å². The lowest BCUT2D eigenvalue weighted by molar-refractivity contribution is 0.415. The average molecular weight is 365 g/mol. The van der Waals surface area contributed by atoms with Gasteiger partial charge in [-0.3, -0.25) is 0 Å². The number of hydrogen-bond donors (Lipinski definition) is 2. The maximum absolute atomic E-state index is 5.39. The van der Waals surface area contributed by atoms with Crippen molar-refractivity contribution in [3.05, 3.63) is 60.7 Å². The highest BCUT2D eigenvalue weighted by atomic mass is 32.1. The van der Waals surface area contributed by atoms with Gasteiger partial charge in [-0.2, -0.15) is 0 Å². The summed E-state index contributed by atoms with van der Waals surface area (Å²) in [5.74, 6) is 0.808. The SMILES string of the molecule is COc1ccc(NC(=S)Nc2nc3c(ccc4ccccc43)s2)cc1. The third kappa shape index (κ3) is 3.26. The first-order chi connectivity index (χ1) is 12.2. The van der Waals surface area contributed by atoms with Crippen molar-refractivity contribution in [1.82, 2.24) is 4.98 Å². The summed E-state index contributed by atoms with van der Waals surface area (Å²) in [6.07, 6.45) is 0. The Kier molecular flexibility index (Phi) is 4.21. The van der Waals surface area contributed by atoms with E-state index >= 15 is 0 Å². The molecule has 0 spiro atoms. The summed E-state index contributed by atoms with van der Waals surface area (Å²) in [4.78, 5) is 4.71. The van der Waals surface area contributed by atoms with E-state index in [1.807, 2.05) is 36.4 Å². The number of thiocarbonyl (C=S) groups is 1. The van der Waals surface area contributed by atoms with Crippen LogP contribution in [0.4, 0.5) is 10.8 Å². The minimum Gasteiger partial charge on any atom is -0.497 e. The zero-order valence-electron chi connectivity index (χ0n) is 13.4. The van der Waals surface area contributed by atoms with Gasteiger partial charge in [-0.25, -0.2) is 4.98 Å². The molecule has 0 fully saturated rings. The van der Waals surface area contributed by atoms with Crippen LogP contribution in [-0.4, -0.2) is 17.2 Å². The normalized spacial score (nSPS) is 10.8. The van der Waals surface area contributed by atoms with Gasteiger partial charge in [-0.15, -0.1) is 0 Å². The van der Waals surface area contributed by atoms with Gasteiger partial charge in [0.1, 0.15) is 5.75 Å². The molecule has 4 rings (SSSR count). The number of nitrogens with one attached hydrogen (secondary N) is 2. The second kappa shape index (κ2) is 6.66. The summed E-state index contributed by atoms with van der Waals surface area (Å²) in [5, 5.41) is 9.94. The minimum absolute atomic E-state index is 0.508. The third-order valence-electron chi connectivity index (χ3n) is 3.85. The van der Waals surface area contributed by atoms with E-state index in [1.165, 1.54) is 5.39 Å². The number of methoxy groups -OCH3 is 1. The molecule has 1 aromatic heterocycles. The molecule has 0 amide bonds. The van der Waals surface area contributed by atoms with Crippen LogP contribution in [0.25, 0.3) is 21.0 Å². The second-order valence-electron chi connectivity index (χ2n) is 5.46. The lowest BCUT2D eigenvalue weighted by atomic mass is 10.1. The van der Waals surface area contributed by atoms with Gasteiger partial charge >= 0.3 is 0 Å². The number of nitrogens with zero attached hydrogens (tertiary/aromatic N) is 1. The number of thiazole rings is 1. The van der Waals surface area contributed by atoms with Crippen molar-refractivity contribution in [3.63, 3.8) is 0 Å². The predicted molar refractivity (Wildman–Crippen MR) is 110 cm³/mol. The fourth-order valence-electron chi connectivity index (χ4n) is 2.65. The molecule has 2 N–H and O–H groups in total. The Bertz CT molecular complexity index is 1060. The van der Waals surface area contributed by atoms with Gasteiger partial charge < -0.3 is 15.4 Å². The number of rotatable bonds is 3. The molecule has 3 aromatic carbocycles. The van der Waals surface area contributed by atoms with E-state index in [0.717, 1.165) is 32.2 Å². The van der Waals surface area contributed by atoms with Gasteiger partial charge in [0, 0.05) is 11.1 Å². The van der Waals surface area contributed by atoms with Crippen LogP contribution in [0.3, 0.4) is 0 Å². The Balaban J connectivity index is 1.55. The molecule has 4 aromatic rings. The first-order valence-electron chi connectivity index (χ1n) is 7.73. The van der Waals surface area contributed by atoms with Gasteiger partial charge in [-0.05, 0) is 47.9 Å². The Labute approximate surface area is 154 Å². The molecule has 6 heteroatoms. The van der Waals surface area contributed by atoms with E-state index in [9.17, 15) is 0 Å². The number of anilines is 2. The Morgan fingerprint density at radius 3 is 2.60 bits per heavy atom. The fraction of sp³-hybridized carbons (Fsp3) is 0.0526. The Morgan fingerprint density at radius 2 is 1.80 bits per heavy atom. The van der Waals surface area contributed by atoms with E-state index in [1.54, 1.807) is 18.4 Å². The zero-order chi connectivity index (χ0) is 17.2. The third-order valence-corrected chi connectivity index (χ3v) is 4.99. The second-order valence-corrected chi connectivity index (χ2v) is 6.90. The molecule has 0 aliphatic carbocycles. The minimum atomic E-state index is 0.508. The van der Waals surface area contributed by atoms with Gasteiger partial charge in [-0.1, -0.05) is 41.7 Å². The topological polar surface area (TPSA) is 46.2 Å². The maximum atomic E-state index is 5.39. The molecule has 0 unspecified atom stereocenters. The first kappa shape index (κ1) is 15.8. The van der Waals surface area contributed by atoms with Crippen molar-refractivity contribution >= 4 is 60.5 Å². The molecule has 0 atom stereocenters. The zero-order valence-corrected chi connectivity index (χ0v) is 15.1. The highest BCUT2D eigenvalue weighted by molar-refractivity contribution is 7.80.